The summed E-state index contributed by atoms with van der Waals surface area (Å²) < 4.78 is 7.28. The molecule has 0 atom stereocenters. The number of nitrogens with zero attached hydrogens (tertiary/aromatic N) is 2. The second kappa shape index (κ2) is 5.65. The normalized spacial score (nSPS) is 16.4. The second-order valence-corrected chi connectivity index (χ2v) is 5.61. The third-order valence-electron chi connectivity index (χ3n) is 4.07. The van der Waals surface area contributed by atoms with Gasteiger partial charge >= 0.3 is 0 Å². The first-order valence-corrected chi connectivity index (χ1v) is 7.35. The van der Waals surface area contributed by atoms with E-state index in [0.717, 1.165) is 11.3 Å². The van der Waals surface area contributed by atoms with Crippen molar-refractivity contribution in [3.8, 4) is 0 Å². The van der Waals surface area contributed by atoms with Crippen LogP contribution in [0.15, 0.2) is 29.0 Å². The number of aromatic nitrogens is 2. The Labute approximate surface area is 118 Å². The second-order valence-electron chi connectivity index (χ2n) is 5.61. The van der Waals surface area contributed by atoms with Crippen LogP contribution in [0, 0.1) is 6.92 Å². The Balaban J connectivity index is 1.68. The van der Waals surface area contributed by atoms with E-state index in [0.29, 0.717) is 18.2 Å². The van der Waals surface area contributed by atoms with Crippen molar-refractivity contribution >= 4 is 5.78 Å². The molecule has 20 heavy (non-hydrogen) atoms. The number of carbonyl (C=O) groups excluding carboxylic acids is 1. The van der Waals surface area contributed by atoms with Gasteiger partial charge in [-0.3, -0.25) is 9.48 Å². The van der Waals surface area contributed by atoms with Gasteiger partial charge < -0.3 is 4.42 Å². The lowest BCUT2D eigenvalue weighted by molar-refractivity contribution is 0.0964. The summed E-state index contributed by atoms with van der Waals surface area (Å²) in [6.07, 6.45) is 10.2. The predicted molar refractivity (Wildman–Crippen MR) is 75.8 cm³/mol. The van der Waals surface area contributed by atoms with Crippen LogP contribution in [0.4, 0.5) is 0 Å². The van der Waals surface area contributed by atoms with Crippen LogP contribution in [-0.4, -0.2) is 15.6 Å². The average molecular weight is 272 g/mol. The van der Waals surface area contributed by atoms with Gasteiger partial charge in [0.1, 0.15) is 0 Å². The van der Waals surface area contributed by atoms with Gasteiger partial charge in [0.2, 0.25) is 5.78 Å². The largest absolute Gasteiger partial charge is 0.461 e. The number of aryl methyl sites for hydroxylation is 1. The van der Waals surface area contributed by atoms with Gasteiger partial charge in [0, 0.05) is 6.20 Å². The van der Waals surface area contributed by atoms with Gasteiger partial charge in [-0.1, -0.05) is 19.3 Å². The molecule has 1 aliphatic carbocycles. The van der Waals surface area contributed by atoms with Crippen molar-refractivity contribution in [3.05, 3.63) is 41.6 Å². The Morgan fingerprint density at radius 2 is 2.15 bits per heavy atom. The fraction of sp³-hybridized carbons (Fsp3) is 0.500. The summed E-state index contributed by atoms with van der Waals surface area (Å²) in [6, 6.07) is 4.27. The van der Waals surface area contributed by atoms with Crippen LogP contribution in [0.1, 0.15) is 60.0 Å². The fourth-order valence-corrected chi connectivity index (χ4v) is 2.92. The first kappa shape index (κ1) is 13.2. The lowest BCUT2D eigenvalue weighted by Crippen LogP contribution is -2.14. The molecule has 0 amide bonds. The fourth-order valence-electron chi connectivity index (χ4n) is 2.92. The van der Waals surface area contributed by atoms with Crippen LogP contribution in [0.2, 0.25) is 0 Å². The van der Waals surface area contributed by atoms with Gasteiger partial charge in [-0.15, -0.1) is 0 Å². The molecule has 0 aliphatic heterocycles. The van der Waals surface area contributed by atoms with E-state index in [1.54, 1.807) is 6.26 Å². The highest BCUT2D eigenvalue weighted by molar-refractivity contribution is 5.95. The van der Waals surface area contributed by atoms with Crippen LogP contribution in [-0.2, 0) is 6.42 Å². The Morgan fingerprint density at radius 1 is 1.35 bits per heavy atom. The predicted octanol–water partition coefficient (Wildman–Crippen LogP) is 3.72. The minimum absolute atomic E-state index is 0.00129. The maximum atomic E-state index is 12.1. The molecule has 106 valence electrons. The zero-order valence-corrected chi connectivity index (χ0v) is 11.8. The highest BCUT2D eigenvalue weighted by Crippen LogP contribution is 2.27. The molecule has 0 spiro atoms. The summed E-state index contributed by atoms with van der Waals surface area (Å²) in [5, 5.41) is 4.57. The Hall–Kier alpha value is -1.84. The van der Waals surface area contributed by atoms with Crippen LogP contribution >= 0.6 is 0 Å². The number of carbonyl (C=O) groups is 1. The van der Waals surface area contributed by atoms with E-state index in [-0.39, 0.29) is 5.78 Å². The maximum Gasteiger partial charge on any atom is 0.204 e. The smallest absolute Gasteiger partial charge is 0.204 e. The summed E-state index contributed by atoms with van der Waals surface area (Å²) >= 11 is 0. The lowest BCUT2D eigenvalue weighted by atomic mass is 9.96. The van der Waals surface area contributed by atoms with Crippen molar-refractivity contribution in [2.45, 2.75) is 51.5 Å². The lowest BCUT2D eigenvalue weighted by Gasteiger charge is -2.21. The molecule has 1 saturated carbocycles. The summed E-state index contributed by atoms with van der Waals surface area (Å²) in [6.45, 7) is 1.89. The standard InChI is InChI=1S/C16H20N2O2/c1-12-8-10-20-16(12)15(19)11-13-7-9-18(17-13)14-5-3-2-4-6-14/h7-10,14H,2-6,11H2,1H3. The van der Waals surface area contributed by atoms with Crippen molar-refractivity contribution in [1.82, 2.24) is 9.78 Å². The number of Topliss-reactive ketones (excluding diaryl/α,β-unsaturated/α-hetero) is 1. The molecule has 2 aromatic heterocycles. The molecule has 0 unspecified atom stereocenters. The molecule has 4 nitrogen and oxygen atoms in total. The minimum atomic E-state index is 0.00129. The minimum Gasteiger partial charge on any atom is -0.461 e. The van der Waals surface area contributed by atoms with Crippen LogP contribution in [0.3, 0.4) is 0 Å². The summed E-state index contributed by atoms with van der Waals surface area (Å²) in [5.74, 6) is 0.457. The third kappa shape index (κ3) is 2.69. The maximum absolute atomic E-state index is 12.1. The number of rotatable bonds is 4. The molecule has 0 N–H and O–H groups in total. The number of ketones is 1. The van der Waals surface area contributed by atoms with Crippen LogP contribution in [0.5, 0.6) is 0 Å². The zero-order valence-electron chi connectivity index (χ0n) is 11.8. The average Bonchev–Trinajstić information content (AvgIpc) is 3.09. The summed E-state index contributed by atoms with van der Waals surface area (Å²) in [4.78, 5) is 12.1. The molecule has 1 fully saturated rings. The van der Waals surface area contributed by atoms with E-state index in [4.69, 9.17) is 4.42 Å². The van der Waals surface area contributed by atoms with E-state index < -0.39 is 0 Å². The SMILES string of the molecule is Cc1ccoc1C(=O)Cc1ccn(C2CCCCC2)n1. The molecule has 0 radical (unpaired) electrons. The summed E-state index contributed by atoms with van der Waals surface area (Å²) in [7, 11) is 0. The van der Waals surface area contributed by atoms with Gasteiger partial charge in [0.05, 0.1) is 24.4 Å². The molecule has 2 aromatic rings. The molecule has 0 aromatic carbocycles. The van der Waals surface area contributed by atoms with E-state index in [1.165, 1.54) is 32.1 Å². The van der Waals surface area contributed by atoms with E-state index in [1.807, 2.05) is 29.9 Å². The first-order chi connectivity index (χ1) is 9.74. The number of hydrogen-bond acceptors (Lipinski definition) is 3. The van der Waals surface area contributed by atoms with E-state index in [9.17, 15) is 4.79 Å². The Kier molecular flexibility index (Phi) is 3.72. The molecule has 4 heteroatoms. The molecule has 0 saturated heterocycles. The van der Waals surface area contributed by atoms with Crippen molar-refractivity contribution in [2.75, 3.05) is 0 Å². The zero-order chi connectivity index (χ0) is 13.9. The van der Waals surface area contributed by atoms with Crippen LogP contribution < -0.4 is 0 Å². The highest BCUT2D eigenvalue weighted by atomic mass is 16.3. The molecule has 3 rings (SSSR count). The molecular weight excluding hydrogens is 252 g/mol. The molecular formula is C16H20N2O2. The Morgan fingerprint density at radius 3 is 2.85 bits per heavy atom. The highest BCUT2D eigenvalue weighted by Gasteiger charge is 2.18. The van der Waals surface area contributed by atoms with Gasteiger partial charge in [0.15, 0.2) is 5.76 Å². The number of furan rings is 1. The molecule has 2 heterocycles. The summed E-state index contributed by atoms with van der Waals surface area (Å²) in [5.41, 5.74) is 1.72. The third-order valence-corrected chi connectivity index (χ3v) is 4.07. The van der Waals surface area contributed by atoms with Crippen molar-refractivity contribution in [1.29, 1.82) is 0 Å². The van der Waals surface area contributed by atoms with E-state index in [2.05, 4.69) is 5.10 Å². The van der Waals surface area contributed by atoms with E-state index >= 15 is 0 Å². The quantitative estimate of drug-likeness (QED) is 0.797. The van der Waals surface area contributed by atoms with Gasteiger partial charge in [-0.25, -0.2) is 0 Å². The number of hydrogen-bond donors (Lipinski definition) is 0. The van der Waals surface area contributed by atoms with Crippen LogP contribution in [0.25, 0.3) is 0 Å². The molecule has 0 bridgehead atoms. The van der Waals surface area contributed by atoms with Crippen molar-refractivity contribution in [3.63, 3.8) is 0 Å². The van der Waals surface area contributed by atoms with Gasteiger partial charge in [0.25, 0.3) is 0 Å². The topological polar surface area (TPSA) is 48.0 Å². The van der Waals surface area contributed by atoms with Crippen molar-refractivity contribution < 1.29 is 9.21 Å². The van der Waals surface area contributed by atoms with Gasteiger partial charge in [-0.2, -0.15) is 5.10 Å². The first-order valence-electron chi connectivity index (χ1n) is 7.35. The van der Waals surface area contributed by atoms with Crippen molar-refractivity contribution in [2.24, 2.45) is 0 Å². The molecule has 1 aliphatic rings. The Bertz CT molecular complexity index is 591. The van der Waals surface area contributed by atoms with Gasteiger partial charge in [-0.05, 0) is 37.5 Å². The monoisotopic (exact) mass is 272 g/mol.